The lowest BCUT2D eigenvalue weighted by atomic mass is 9.87. The van der Waals surface area contributed by atoms with Crippen LogP contribution >= 0.6 is 0 Å². The second-order valence-corrected chi connectivity index (χ2v) is 12.0. The number of piperidine rings is 1. The van der Waals surface area contributed by atoms with E-state index in [9.17, 15) is 4.79 Å². The molecule has 0 amide bonds. The summed E-state index contributed by atoms with van der Waals surface area (Å²) in [4.78, 5) is 25.2. The van der Waals surface area contributed by atoms with Crippen LogP contribution in [0.5, 0.6) is 11.5 Å². The summed E-state index contributed by atoms with van der Waals surface area (Å²) in [6.07, 6.45) is 2.26. The first kappa shape index (κ1) is 32.3. The van der Waals surface area contributed by atoms with E-state index in [2.05, 4.69) is 34.2 Å². The highest BCUT2D eigenvalue weighted by Gasteiger charge is 2.34. The van der Waals surface area contributed by atoms with Crippen LogP contribution in [-0.2, 0) is 25.7 Å². The van der Waals surface area contributed by atoms with Gasteiger partial charge in [-0.1, -0.05) is 42.5 Å². The maximum absolute atomic E-state index is 12.3. The average molecular weight is 618 g/mol. The van der Waals surface area contributed by atoms with Crippen molar-refractivity contribution >= 4 is 17.2 Å². The van der Waals surface area contributed by atoms with Crippen molar-refractivity contribution in [2.45, 2.75) is 57.8 Å². The summed E-state index contributed by atoms with van der Waals surface area (Å²) in [6.45, 7) is 8.96. The predicted octanol–water partition coefficient (Wildman–Crippen LogP) is 6.67. The molecule has 1 aromatic heterocycles. The first-order chi connectivity index (χ1) is 21.8. The Morgan fingerprint density at radius 2 is 1.71 bits per heavy atom. The second kappa shape index (κ2) is 15.7. The van der Waals surface area contributed by atoms with Crippen LogP contribution in [0, 0.1) is 0 Å². The van der Waals surface area contributed by atoms with Crippen LogP contribution in [0.25, 0.3) is 11.0 Å². The van der Waals surface area contributed by atoms with E-state index in [0.29, 0.717) is 46.1 Å². The summed E-state index contributed by atoms with van der Waals surface area (Å²) in [5.41, 5.74) is 3.47. The van der Waals surface area contributed by atoms with Crippen molar-refractivity contribution in [3.8, 4) is 11.5 Å². The van der Waals surface area contributed by atoms with Gasteiger partial charge in [0.15, 0.2) is 0 Å². The van der Waals surface area contributed by atoms with Gasteiger partial charge in [-0.15, -0.1) is 5.06 Å². The van der Waals surface area contributed by atoms with Crippen molar-refractivity contribution in [3.63, 3.8) is 0 Å². The van der Waals surface area contributed by atoms with Crippen molar-refractivity contribution in [1.29, 1.82) is 0 Å². The third-order valence-corrected chi connectivity index (χ3v) is 7.31. The number of nitrogens with one attached hydrogen (secondary N) is 1. The summed E-state index contributed by atoms with van der Waals surface area (Å²) in [7, 11) is 0. The molecule has 3 aromatic carbocycles. The normalized spacial score (nSPS) is 17.2. The molecule has 0 radical (unpaired) electrons. The van der Waals surface area contributed by atoms with E-state index in [0.717, 1.165) is 40.9 Å². The van der Waals surface area contributed by atoms with Gasteiger partial charge in [-0.2, -0.15) is 0 Å². The molecule has 5 rings (SSSR count). The second-order valence-electron chi connectivity index (χ2n) is 12.0. The smallest absolute Gasteiger partial charge is 0.494 e. The minimum atomic E-state index is -0.718. The molecule has 1 aliphatic heterocycles. The monoisotopic (exact) mass is 617 g/mol. The molecule has 1 fully saturated rings. The Morgan fingerprint density at radius 3 is 2.51 bits per heavy atom. The van der Waals surface area contributed by atoms with Gasteiger partial charge in [0.1, 0.15) is 23.7 Å². The largest absolute Gasteiger partial charge is 0.528 e. The number of ether oxygens (including phenoxy) is 5. The summed E-state index contributed by atoms with van der Waals surface area (Å²) in [5, 5.41) is 1.62. The van der Waals surface area contributed by atoms with Crippen LogP contribution in [-0.4, -0.2) is 72.4 Å². The van der Waals surface area contributed by atoms with E-state index in [-0.39, 0.29) is 12.0 Å². The Labute approximate surface area is 264 Å². The summed E-state index contributed by atoms with van der Waals surface area (Å²) < 4.78 is 29.4. The summed E-state index contributed by atoms with van der Waals surface area (Å²) >= 11 is 0. The van der Waals surface area contributed by atoms with E-state index >= 15 is 0 Å². The lowest BCUT2D eigenvalue weighted by molar-refractivity contribution is -0.178. The van der Waals surface area contributed by atoms with Crippen molar-refractivity contribution in [1.82, 2.24) is 15.0 Å². The van der Waals surface area contributed by atoms with Crippen LogP contribution in [0.2, 0.25) is 0 Å². The third-order valence-electron chi connectivity index (χ3n) is 7.31. The van der Waals surface area contributed by atoms with Crippen molar-refractivity contribution in [2.24, 2.45) is 0 Å². The zero-order valence-corrected chi connectivity index (χ0v) is 26.3. The number of H-pyrrole nitrogens is 1. The number of aromatic nitrogens is 2. The molecule has 240 valence electrons. The van der Waals surface area contributed by atoms with E-state index in [1.165, 1.54) is 5.56 Å². The van der Waals surface area contributed by atoms with Gasteiger partial charge < -0.3 is 33.5 Å². The number of hydroxylamine groups is 2. The van der Waals surface area contributed by atoms with Crippen LogP contribution < -0.4 is 9.47 Å². The Hall–Kier alpha value is -4.12. The van der Waals surface area contributed by atoms with Gasteiger partial charge >= 0.3 is 6.16 Å². The van der Waals surface area contributed by atoms with Crippen molar-refractivity contribution < 1.29 is 33.3 Å². The lowest BCUT2D eigenvalue weighted by Gasteiger charge is -2.37. The molecule has 0 saturated carbocycles. The van der Waals surface area contributed by atoms with Crippen molar-refractivity contribution in [2.75, 3.05) is 39.5 Å². The highest BCUT2D eigenvalue weighted by molar-refractivity contribution is 5.75. The fourth-order valence-electron chi connectivity index (χ4n) is 5.19. The Kier molecular flexibility index (Phi) is 11.3. The molecule has 10 nitrogen and oxygen atoms in total. The maximum Gasteiger partial charge on any atom is 0.528 e. The minimum Gasteiger partial charge on any atom is -0.494 e. The Bertz CT molecular complexity index is 1470. The molecule has 2 heterocycles. The molecule has 0 spiro atoms. The molecule has 1 saturated heterocycles. The molecule has 4 aromatic rings. The maximum atomic E-state index is 12.3. The SMILES string of the molecule is CC(C)(C)OC(=O)ON1CCC(c2ccc(OCCCOCc3ccccc3)cc2)C(OCCOc2ccc3nc[nH]c3c2)C1. The van der Waals surface area contributed by atoms with Crippen LogP contribution in [0.1, 0.15) is 50.7 Å². The lowest BCUT2D eigenvalue weighted by Crippen LogP contribution is -2.46. The van der Waals surface area contributed by atoms with E-state index in [1.807, 2.05) is 69.3 Å². The van der Waals surface area contributed by atoms with Gasteiger partial charge in [-0.3, -0.25) is 0 Å². The molecule has 0 bridgehead atoms. The molecular weight excluding hydrogens is 574 g/mol. The van der Waals surface area contributed by atoms with E-state index in [4.69, 9.17) is 28.5 Å². The molecule has 1 N–H and O–H groups in total. The average Bonchev–Trinajstić information content (AvgIpc) is 3.49. The topological polar surface area (TPSA) is 104 Å². The Balaban J connectivity index is 1.12. The van der Waals surface area contributed by atoms with Gasteiger partial charge in [0.2, 0.25) is 0 Å². The number of nitrogens with zero attached hydrogens (tertiary/aromatic N) is 2. The molecule has 45 heavy (non-hydrogen) atoms. The van der Waals surface area contributed by atoms with Gasteiger partial charge in [0.05, 0.1) is 56.4 Å². The highest BCUT2D eigenvalue weighted by atomic mass is 16.8. The first-order valence-electron chi connectivity index (χ1n) is 15.5. The first-order valence-corrected chi connectivity index (χ1v) is 15.5. The van der Waals surface area contributed by atoms with Gasteiger partial charge in [0, 0.05) is 24.9 Å². The van der Waals surface area contributed by atoms with Crippen LogP contribution in [0.15, 0.2) is 79.1 Å². The number of aromatic amines is 1. The predicted molar refractivity (Wildman–Crippen MR) is 170 cm³/mol. The van der Waals surface area contributed by atoms with E-state index < -0.39 is 11.8 Å². The quantitative estimate of drug-likeness (QED) is 0.123. The van der Waals surface area contributed by atoms with Gasteiger partial charge in [-0.05, 0) is 62.6 Å². The summed E-state index contributed by atoms with van der Waals surface area (Å²) in [5.74, 6) is 1.65. The molecular formula is C35H43N3O7. The number of hydrogen-bond donors (Lipinski definition) is 1. The zero-order valence-electron chi connectivity index (χ0n) is 26.3. The number of rotatable bonds is 14. The summed E-state index contributed by atoms with van der Waals surface area (Å²) in [6, 6.07) is 24.0. The Morgan fingerprint density at radius 1 is 0.933 bits per heavy atom. The van der Waals surface area contributed by atoms with Crippen molar-refractivity contribution in [3.05, 3.63) is 90.3 Å². The minimum absolute atomic E-state index is 0.102. The fraction of sp³-hybridized carbons (Fsp3) is 0.429. The highest BCUT2D eigenvalue weighted by Crippen LogP contribution is 2.32. The zero-order chi connectivity index (χ0) is 31.5. The number of benzene rings is 3. The molecule has 10 heteroatoms. The molecule has 2 atom stereocenters. The molecule has 2 unspecified atom stereocenters. The molecule has 0 aliphatic carbocycles. The van der Waals surface area contributed by atoms with Gasteiger partial charge in [0.25, 0.3) is 0 Å². The number of hydrogen-bond acceptors (Lipinski definition) is 9. The number of carbonyl (C=O) groups is 1. The number of carbonyl (C=O) groups excluding carboxylic acids is 1. The van der Waals surface area contributed by atoms with Gasteiger partial charge in [-0.25, -0.2) is 9.78 Å². The van der Waals surface area contributed by atoms with Crippen LogP contribution in [0.3, 0.4) is 0 Å². The fourth-order valence-corrected chi connectivity index (χ4v) is 5.19. The standard InChI is InChI=1S/C35H43N3O7/c1-35(2,3)44-34(39)45-38-17-16-30(33(23-38)43-21-20-42-29-14-15-31-32(22-29)37-25-36-31)27-10-12-28(13-11-27)41-19-7-18-40-24-26-8-5-4-6-9-26/h4-6,8-15,22,25,30,33H,7,16-21,23-24H2,1-3H3,(H,36,37). The number of imidazole rings is 1. The molecule has 1 aliphatic rings. The third kappa shape index (κ3) is 10.2. The van der Waals surface area contributed by atoms with E-state index in [1.54, 1.807) is 11.4 Å². The number of fused-ring (bicyclic) bond motifs is 1. The van der Waals surface area contributed by atoms with Crippen LogP contribution in [0.4, 0.5) is 4.79 Å².